The molecule has 1 nitrogen and oxygen atoms in total. The van der Waals surface area contributed by atoms with Crippen molar-refractivity contribution in [3.05, 3.63) is 29.8 Å². The third-order valence-electron chi connectivity index (χ3n) is 4.28. The molecular weight excluding hydrogens is 239 g/mol. The molecule has 98 valence electrons. The predicted octanol–water partition coefficient (Wildman–Crippen LogP) is 4.31. The summed E-state index contributed by atoms with van der Waals surface area (Å²) in [7, 11) is 0. The van der Waals surface area contributed by atoms with Crippen molar-refractivity contribution in [2.24, 2.45) is 11.8 Å². The van der Waals surface area contributed by atoms with Crippen LogP contribution in [0.4, 0.5) is 18.9 Å². The van der Waals surface area contributed by atoms with Gasteiger partial charge in [0.25, 0.3) is 0 Å². The van der Waals surface area contributed by atoms with Crippen LogP contribution < -0.4 is 5.32 Å². The lowest BCUT2D eigenvalue weighted by atomic mass is 9.95. The maximum Gasteiger partial charge on any atom is 0.416 e. The summed E-state index contributed by atoms with van der Waals surface area (Å²) in [6, 6.07) is 5.89. The molecule has 3 unspecified atom stereocenters. The van der Waals surface area contributed by atoms with Crippen molar-refractivity contribution in [3.63, 3.8) is 0 Å². The number of fused-ring (bicyclic) bond motifs is 2. The van der Waals surface area contributed by atoms with Crippen LogP contribution in [-0.4, -0.2) is 6.04 Å². The van der Waals surface area contributed by atoms with Crippen LogP contribution in [0.5, 0.6) is 0 Å². The average molecular weight is 255 g/mol. The van der Waals surface area contributed by atoms with E-state index in [1.165, 1.54) is 31.4 Å². The molecule has 4 heteroatoms. The summed E-state index contributed by atoms with van der Waals surface area (Å²) in [6.45, 7) is 0. The number of alkyl halides is 3. The quantitative estimate of drug-likeness (QED) is 0.830. The monoisotopic (exact) mass is 255 g/mol. The number of anilines is 1. The van der Waals surface area contributed by atoms with Gasteiger partial charge in [0, 0.05) is 11.7 Å². The summed E-state index contributed by atoms with van der Waals surface area (Å²) in [5, 5.41) is 3.28. The lowest BCUT2D eigenvalue weighted by Gasteiger charge is -2.24. The van der Waals surface area contributed by atoms with Gasteiger partial charge in [-0.2, -0.15) is 13.2 Å². The standard InChI is InChI=1S/C14H16F3N/c15-14(16,17)11-2-1-3-12(8-11)18-13-7-9-4-5-10(13)6-9/h1-3,8-10,13,18H,4-7H2. The second kappa shape index (κ2) is 4.18. The molecule has 0 saturated heterocycles. The Labute approximate surface area is 104 Å². The molecule has 1 aromatic carbocycles. The zero-order chi connectivity index (χ0) is 12.8. The molecule has 18 heavy (non-hydrogen) atoms. The highest BCUT2D eigenvalue weighted by Gasteiger charge is 2.39. The van der Waals surface area contributed by atoms with Crippen LogP contribution >= 0.6 is 0 Å². The Bertz CT molecular complexity index is 441. The van der Waals surface area contributed by atoms with Crippen molar-refractivity contribution in [2.45, 2.75) is 37.9 Å². The van der Waals surface area contributed by atoms with Crippen molar-refractivity contribution in [1.29, 1.82) is 0 Å². The topological polar surface area (TPSA) is 12.0 Å². The van der Waals surface area contributed by atoms with Crippen LogP contribution in [0.3, 0.4) is 0 Å². The van der Waals surface area contributed by atoms with Gasteiger partial charge in [-0.05, 0) is 49.3 Å². The first-order chi connectivity index (χ1) is 8.52. The third kappa shape index (κ3) is 2.20. The van der Waals surface area contributed by atoms with Crippen LogP contribution in [-0.2, 0) is 6.18 Å². The molecule has 2 aliphatic rings. The Morgan fingerprint density at radius 2 is 1.94 bits per heavy atom. The van der Waals surface area contributed by atoms with Gasteiger partial charge in [-0.15, -0.1) is 0 Å². The van der Waals surface area contributed by atoms with E-state index >= 15 is 0 Å². The van der Waals surface area contributed by atoms with E-state index in [0.717, 1.165) is 18.4 Å². The zero-order valence-corrected chi connectivity index (χ0v) is 10.0. The fraction of sp³-hybridized carbons (Fsp3) is 0.571. The number of rotatable bonds is 2. The number of hydrogen-bond donors (Lipinski definition) is 1. The largest absolute Gasteiger partial charge is 0.416 e. The zero-order valence-electron chi connectivity index (χ0n) is 10.0. The van der Waals surface area contributed by atoms with E-state index in [4.69, 9.17) is 0 Å². The van der Waals surface area contributed by atoms with Crippen molar-refractivity contribution >= 4 is 5.69 Å². The predicted molar refractivity (Wildman–Crippen MR) is 64.3 cm³/mol. The lowest BCUT2D eigenvalue weighted by molar-refractivity contribution is -0.137. The van der Waals surface area contributed by atoms with E-state index in [9.17, 15) is 13.2 Å². The molecule has 2 bridgehead atoms. The number of nitrogens with one attached hydrogen (secondary N) is 1. The molecule has 2 fully saturated rings. The van der Waals surface area contributed by atoms with E-state index in [-0.39, 0.29) is 0 Å². The van der Waals surface area contributed by atoms with Gasteiger partial charge in [0.05, 0.1) is 5.56 Å². The van der Waals surface area contributed by atoms with E-state index in [1.807, 2.05) is 0 Å². The van der Waals surface area contributed by atoms with Crippen LogP contribution in [0.15, 0.2) is 24.3 Å². The van der Waals surface area contributed by atoms with Crippen LogP contribution in [0.25, 0.3) is 0 Å². The molecule has 0 heterocycles. The Morgan fingerprint density at radius 1 is 1.11 bits per heavy atom. The van der Waals surface area contributed by atoms with Gasteiger partial charge in [0.2, 0.25) is 0 Å². The molecule has 1 aromatic rings. The summed E-state index contributed by atoms with van der Waals surface area (Å²) in [5.74, 6) is 1.45. The normalized spacial score (nSPS) is 30.7. The van der Waals surface area contributed by atoms with E-state index in [0.29, 0.717) is 17.6 Å². The molecule has 3 rings (SSSR count). The van der Waals surface area contributed by atoms with Crippen LogP contribution in [0, 0.1) is 11.8 Å². The molecule has 0 aliphatic heterocycles. The third-order valence-corrected chi connectivity index (χ3v) is 4.28. The Hall–Kier alpha value is -1.19. The number of hydrogen-bond acceptors (Lipinski definition) is 1. The summed E-state index contributed by atoms with van der Waals surface area (Å²) < 4.78 is 37.8. The summed E-state index contributed by atoms with van der Waals surface area (Å²) in [4.78, 5) is 0. The van der Waals surface area contributed by atoms with Gasteiger partial charge in [-0.1, -0.05) is 12.5 Å². The smallest absolute Gasteiger partial charge is 0.382 e. The van der Waals surface area contributed by atoms with Gasteiger partial charge >= 0.3 is 6.18 Å². The lowest BCUT2D eigenvalue weighted by Crippen LogP contribution is -2.25. The molecule has 2 saturated carbocycles. The first kappa shape index (κ1) is 11.9. The molecule has 0 amide bonds. The minimum absolute atomic E-state index is 0.368. The van der Waals surface area contributed by atoms with E-state index < -0.39 is 11.7 Å². The highest BCUT2D eigenvalue weighted by molar-refractivity contribution is 5.47. The van der Waals surface area contributed by atoms with Gasteiger partial charge in [0.15, 0.2) is 0 Å². The van der Waals surface area contributed by atoms with Crippen molar-refractivity contribution in [3.8, 4) is 0 Å². The Morgan fingerprint density at radius 3 is 2.56 bits per heavy atom. The Kier molecular flexibility index (Phi) is 2.76. The van der Waals surface area contributed by atoms with Gasteiger partial charge < -0.3 is 5.32 Å². The summed E-state index contributed by atoms with van der Waals surface area (Å²) in [6.07, 6.45) is 0.622. The number of halogens is 3. The minimum Gasteiger partial charge on any atom is -0.382 e. The Balaban J connectivity index is 1.73. The van der Waals surface area contributed by atoms with Crippen LogP contribution in [0.2, 0.25) is 0 Å². The highest BCUT2D eigenvalue weighted by atomic mass is 19.4. The van der Waals surface area contributed by atoms with Crippen molar-refractivity contribution in [2.75, 3.05) is 5.32 Å². The molecule has 0 spiro atoms. The minimum atomic E-state index is -4.26. The SMILES string of the molecule is FC(F)(F)c1cccc(NC2CC3CCC2C3)c1. The fourth-order valence-electron chi connectivity index (χ4n) is 3.42. The second-order valence-corrected chi connectivity index (χ2v) is 5.50. The maximum absolute atomic E-state index is 12.6. The highest BCUT2D eigenvalue weighted by Crippen LogP contribution is 2.45. The van der Waals surface area contributed by atoms with E-state index in [1.54, 1.807) is 6.07 Å². The molecule has 0 aromatic heterocycles. The average Bonchev–Trinajstić information content (AvgIpc) is 2.90. The van der Waals surface area contributed by atoms with Crippen molar-refractivity contribution in [1.82, 2.24) is 0 Å². The summed E-state index contributed by atoms with van der Waals surface area (Å²) >= 11 is 0. The second-order valence-electron chi connectivity index (χ2n) is 5.50. The van der Waals surface area contributed by atoms with Gasteiger partial charge in [-0.25, -0.2) is 0 Å². The van der Waals surface area contributed by atoms with Crippen molar-refractivity contribution < 1.29 is 13.2 Å². The van der Waals surface area contributed by atoms with Gasteiger partial charge in [-0.3, -0.25) is 0 Å². The van der Waals surface area contributed by atoms with Gasteiger partial charge in [0.1, 0.15) is 0 Å². The maximum atomic E-state index is 12.6. The molecule has 2 aliphatic carbocycles. The summed E-state index contributed by atoms with van der Waals surface area (Å²) in [5.41, 5.74) is 0.0260. The van der Waals surface area contributed by atoms with Crippen LogP contribution in [0.1, 0.15) is 31.2 Å². The molecule has 1 N–H and O–H groups in total. The molecule has 0 radical (unpaired) electrons. The fourth-order valence-corrected chi connectivity index (χ4v) is 3.42. The molecule has 3 atom stereocenters. The number of benzene rings is 1. The first-order valence-electron chi connectivity index (χ1n) is 6.46. The first-order valence-corrected chi connectivity index (χ1v) is 6.46. The molecular formula is C14H16F3N. The van der Waals surface area contributed by atoms with E-state index in [2.05, 4.69) is 5.32 Å².